The normalized spacial score (nSPS) is 14.9. The summed E-state index contributed by atoms with van der Waals surface area (Å²) in [6.45, 7) is 3.49. The van der Waals surface area contributed by atoms with Crippen LogP contribution in [0.3, 0.4) is 0 Å². The van der Waals surface area contributed by atoms with Crippen LogP contribution < -0.4 is 10.2 Å². The van der Waals surface area contributed by atoms with E-state index in [9.17, 15) is 9.59 Å². The van der Waals surface area contributed by atoms with Gasteiger partial charge in [0.25, 0.3) is 0 Å². The van der Waals surface area contributed by atoms with Crippen LogP contribution >= 0.6 is 23.4 Å². The van der Waals surface area contributed by atoms with Crippen LogP contribution in [0, 0.1) is 0 Å². The molecule has 2 aromatic carbocycles. The van der Waals surface area contributed by atoms with Crippen molar-refractivity contribution >= 4 is 46.6 Å². The third-order valence-corrected chi connectivity index (χ3v) is 6.08. The maximum Gasteiger partial charge on any atom is 0.250 e. The summed E-state index contributed by atoms with van der Waals surface area (Å²) in [5.41, 5.74) is 1.96. The number of anilines is 2. The Balaban J connectivity index is 1.43. The molecule has 1 aromatic heterocycles. The zero-order chi connectivity index (χ0) is 21.3. The average Bonchev–Trinajstić information content (AvgIpc) is 3.18. The smallest absolute Gasteiger partial charge is 0.250 e. The number of halogens is 1. The predicted molar refractivity (Wildman–Crippen MR) is 120 cm³/mol. The Kier molecular flexibility index (Phi) is 5.58. The molecule has 1 aliphatic heterocycles. The van der Waals surface area contributed by atoms with E-state index in [1.807, 2.05) is 30.3 Å². The Morgan fingerprint density at radius 1 is 1.20 bits per heavy atom. The van der Waals surface area contributed by atoms with Crippen LogP contribution in [0.25, 0.3) is 11.5 Å². The van der Waals surface area contributed by atoms with E-state index in [0.29, 0.717) is 28.0 Å². The molecule has 2 amide bonds. The Morgan fingerprint density at radius 3 is 2.70 bits per heavy atom. The molecule has 154 valence electrons. The number of amides is 2. The Bertz CT molecular complexity index is 1100. The number of carbonyl (C=O) groups excluding carboxylic acids is 2. The topological polar surface area (TPSA) is 75.4 Å². The minimum Gasteiger partial charge on any atom is -0.444 e. The first-order valence-corrected chi connectivity index (χ1v) is 10.9. The van der Waals surface area contributed by atoms with Crippen molar-refractivity contribution in [2.24, 2.45) is 0 Å². The first kappa shape index (κ1) is 20.5. The quantitative estimate of drug-likeness (QED) is 0.603. The highest BCUT2D eigenvalue weighted by molar-refractivity contribution is 7.99. The van der Waals surface area contributed by atoms with E-state index in [4.69, 9.17) is 16.0 Å². The van der Waals surface area contributed by atoms with Gasteiger partial charge in [0.15, 0.2) is 0 Å². The Morgan fingerprint density at radius 2 is 1.93 bits per heavy atom. The van der Waals surface area contributed by atoms with Crippen molar-refractivity contribution in [3.8, 4) is 11.5 Å². The summed E-state index contributed by atoms with van der Waals surface area (Å²) in [6.07, 6.45) is 1.59. The SMILES string of the molecule is CC1(C)C(=O)Nc2ccccc2N1C(=O)CSCc1coc(-c2ccc(Cl)cc2)n1. The lowest BCUT2D eigenvalue weighted by Crippen LogP contribution is -2.58. The van der Waals surface area contributed by atoms with Crippen LogP contribution in [0.2, 0.25) is 5.02 Å². The summed E-state index contributed by atoms with van der Waals surface area (Å²) in [6, 6.07) is 14.6. The maximum atomic E-state index is 13.0. The number of hydrogen-bond acceptors (Lipinski definition) is 5. The number of carbonyl (C=O) groups is 2. The van der Waals surface area contributed by atoms with Gasteiger partial charge in [-0.05, 0) is 50.2 Å². The van der Waals surface area contributed by atoms with Gasteiger partial charge in [0, 0.05) is 16.3 Å². The first-order valence-electron chi connectivity index (χ1n) is 9.38. The third-order valence-electron chi connectivity index (χ3n) is 4.88. The molecule has 0 radical (unpaired) electrons. The van der Waals surface area contributed by atoms with Gasteiger partial charge in [-0.15, -0.1) is 11.8 Å². The van der Waals surface area contributed by atoms with Crippen molar-refractivity contribution in [3.05, 3.63) is 65.5 Å². The summed E-state index contributed by atoms with van der Waals surface area (Å²) < 4.78 is 5.54. The molecule has 0 saturated carbocycles. The zero-order valence-electron chi connectivity index (χ0n) is 16.5. The predicted octanol–water partition coefficient (Wildman–Crippen LogP) is 4.99. The summed E-state index contributed by atoms with van der Waals surface area (Å²) in [7, 11) is 0. The van der Waals surface area contributed by atoms with Crippen molar-refractivity contribution < 1.29 is 14.0 Å². The zero-order valence-corrected chi connectivity index (χ0v) is 18.1. The molecule has 4 rings (SSSR count). The highest BCUT2D eigenvalue weighted by atomic mass is 35.5. The van der Waals surface area contributed by atoms with E-state index in [1.54, 1.807) is 43.2 Å². The molecule has 0 fully saturated rings. The van der Waals surface area contributed by atoms with E-state index in [-0.39, 0.29) is 17.6 Å². The number of benzene rings is 2. The van der Waals surface area contributed by atoms with Gasteiger partial charge in [0.2, 0.25) is 17.7 Å². The number of oxazole rings is 1. The number of nitrogens with one attached hydrogen (secondary N) is 1. The van der Waals surface area contributed by atoms with Crippen LogP contribution in [0.4, 0.5) is 11.4 Å². The van der Waals surface area contributed by atoms with Gasteiger partial charge in [-0.1, -0.05) is 23.7 Å². The lowest BCUT2D eigenvalue weighted by atomic mass is 9.96. The second kappa shape index (κ2) is 8.16. The molecule has 1 aliphatic rings. The van der Waals surface area contributed by atoms with Gasteiger partial charge in [-0.2, -0.15) is 0 Å². The molecule has 3 aromatic rings. The summed E-state index contributed by atoms with van der Waals surface area (Å²) in [5.74, 6) is 0.910. The number of hydrogen-bond donors (Lipinski definition) is 1. The Labute approximate surface area is 183 Å². The summed E-state index contributed by atoms with van der Waals surface area (Å²) in [5, 5.41) is 3.52. The fourth-order valence-electron chi connectivity index (χ4n) is 3.30. The van der Waals surface area contributed by atoms with E-state index in [0.717, 1.165) is 11.3 Å². The highest BCUT2D eigenvalue weighted by Crippen LogP contribution is 2.37. The second-order valence-corrected chi connectivity index (χ2v) is 8.83. The van der Waals surface area contributed by atoms with Gasteiger partial charge in [0.1, 0.15) is 11.8 Å². The van der Waals surface area contributed by atoms with E-state index in [1.165, 1.54) is 11.8 Å². The van der Waals surface area contributed by atoms with Gasteiger partial charge in [-0.3, -0.25) is 14.5 Å². The van der Waals surface area contributed by atoms with Gasteiger partial charge in [-0.25, -0.2) is 4.98 Å². The minimum absolute atomic E-state index is 0.131. The van der Waals surface area contributed by atoms with Gasteiger partial charge < -0.3 is 9.73 Å². The lowest BCUT2D eigenvalue weighted by Gasteiger charge is -2.42. The fourth-order valence-corrected chi connectivity index (χ4v) is 4.18. The summed E-state index contributed by atoms with van der Waals surface area (Å²) >= 11 is 7.34. The van der Waals surface area contributed by atoms with Crippen molar-refractivity contribution in [3.63, 3.8) is 0 Å². The van der Waals surface area contributed by atoms with E-state index in [2.05, 4.69) is 10.3 Å². The molecule has 0 aliphatic carbocycles. The minimum atomic E-state index is -0.971. The molecule has 30 heavy (non-hydrogen) atoms. The number of fused-ring (bicyclic) bond motifs is 1. The average molecular weight is 442 g/mol. The third kappa shape index (κ3) is 3.95. The van der Waals surface area contributed by atoms with Crippen LogP contribution in [0.1, 0.15) is 19.5 Å². The van der Waals surface area contributed by atoms with Crippen LogP contribution in [0.5, 0.6) is 0 Å². The highest BCUT2D eigenvalue weighted by Gasteiger charge is 2.43. The monoisotopic (exact) mass is 441 g/mol. The van der Waals surface area contributed by atoms with E-state index >= 15 is 0 Å². The molecule has 0 saturated heterocycles. The molecule has 0 spiro atoms. The first-order chi connectivity index (χ1) is 14.4. The van der Waals surface area contributed by atoms with Gasteiger partial charge >= 0.3 is 0 Å². The second-order valence-electron chi connectivity index (χ2n) is 7.40. The standard InChI is InChI=1S/C22H20ClN3O3S/c1-22(2)21(28)25-17-5-3-4-6-18(17)26(22)19(27)13-30-12-16-11-29-20(24-16)14-7-9-15(23)10-8-14/h3-11H,12-13H2,1-2H3,(H,25,28). The van der Waals surface area contributed by atoms with Crippen LogP contribution in [-0.2, 0) is 15.3 Å². The van der Waals surface area contributed by atoms with Crippen molar-refractivity contribution in [2.45, 2.75) is 25.1 Å². The van der Waals surface area contributed by atoms with Gasteiger partial charge in [0.05, 0.1) is 22.8 Å². The van der Waals surface area contributed by atoms with E-state index < -0.39 is 5.54 Å². The number of para-hydroxylation sites is 2. The molecular formula is C22H20ClN3O3S. The Hall–Kier alpha value is -2.77. The summed E-state index contributed by atoms with van der Waals surface area (Å²) in [4.78, 5) is 31.6. The number of aromatic nitrogens is 1. The molecule has 0 bridgehead atoms. The van der Waals surface area contributed by atoms with Crippen molar-refractivity contribution in [1.82, 2.24) is 4.98 Å². The van der Waals surface area contributed by atoms with Crippen molar-refractivity contribution in [1.29, 1.82) is 0 Å². The number of nitrogens with zero attached hydrogens (tertiary/aromatic N) is 2. The molecular weight excluding hydrogens is 422 g/mol. The lowest BCUT2D eigenvalue weighted by molar-refractivity contribution is -0.125. The largest absolute Gasteiger partial charge is 0.444 e. The van der Waals surface area contributed by atoms with Crippen LogP contribution in [-0.4, -0.2) is 28.1 Å². The number of thioether (sulfide) groups is 1. The fraction of sp³-hybridized carbons (Fsp3) is 0.227. The molecule has 6 nitrogen and oxygen atoms in total. The molecule has 0 atom stereocenters. The van der Waals surface area contributed by atoms with Crippen LogP contribution in [0.15, 0.2) is 59.2 Å². The maximum absolute atomic E-state index is 13.0. The van der Waals surface area contributed by atoms with Crippen molar-refractivity contribution in [2.75, 3.05) is 16.0 Å². The molecule has 0 unspecified atom stereocenters. The molecule has 8 heteroatoms. The number of rotatable bonds is 5. The molecule has 1 N–H and O–H groups in total. The molecule has 2 heterocycles.